The summed E-state index contributed by atoms with van der Waals surface area (Å²) in [7, 11) is 0. The average Bonchev–Trinajstić information content (AvgIpc) is 2.80. The fourth-order valence-electron chi connectivity index (χ4n) is 2.80. The molecule has 0 saturated heterocycles. The van der Waals surface area contributed by atoms with Gasteiger partial charge < -0.3 is 4.74 Å². The molecular weight excluding hydrogens is 270 g/mol. The molecule has 106 valence electrons. The van der Waals surface area contributed by atoms with Crippen LogP contribution >= 0.6 is 12.2 Å². The number of fused-ring (bicyclic) bond motifs is 1. The minimum Gasteiger partial charge on any atom is -0.493 e. The molecule has 5 heteroatoms. The van der Waals surface area contributed by atoms with E-state index in [0.29, 0.717) is 11.4 Å². The SMILES string of the molecule is CC(C)(C)n1c(C2CCOc3ccccc32)n[nH]c1=S. The van der Waals surface area contributed by atoms with E-state index < -0.39 is 0 Å². The lowest BCUT2D eigenvalue weighted by molar-refractivity contribution is 0.267. The molecule has 1 aliphatic heterocycles. The van der Waals surface area contributed by atoms with Crippen LogP contribution in [-0.4, -0.2) is 21.4 Å². The number of aromatic nitrogens is 3. The molecule has 1 aromatic carbocycles. The summed E-state index contributed by atoms with van der Waals surface area (Å²) < 4.78 is 8.53. The third kappa shape index (κ3) is 2.16. The summed E-state index contributed by atoms with van der Waals surface area (Å²) in [5.41, 5.74) is 1.10. The molecule has 1 aliphatic rings. The Kier molecular flexibility index (Phi) is 3.17. The Labute approximate surface area is 123 Å². The topological polar surface area (TPSA) is 42.8 Å². The highest BCUT2D eigenvalue weighted by Crippen LogP contribution is 2.38. The molecule has 1 unspecified atom stereocenters. The molecule has 2 heterocycles. The van der Waals surface area contributed by atoms with Crippen LogP contribution in [-0.2, 0) is 5.54 Å². The van der Waals surface area contributed by atoms with Gasteiger partial charge in [0.05, 0.1) is 12.5 Å². The maximum atomic E-state index is 5.73. The van der Waals surface area contributed by atoms with Crippen molar-refractivity contribution in [1.29, 1.82) is 0 Å². The molecule has 0 fully saturated rings. The van der Waals surface area contributed by atoms with Gasteiger partial charge in [-0.1, -0.05) is 18.2 Å². The van der Waals surface area contributed by atoms with Crippen LogP contribution in [0.2, 0.25) is 0 Å². The second kappa shape index (κ2) is 4.74. The molecule has 1 N–H and O–H groups in total. The lowest BCUT2D eigenvalue weighted by atomic mass is 9.91. The van der Waals surface area contributed by atoms with Gasteiger partial charge in [0.2, 0.25) is 0 Å². The lowest BCUT2D eigenvalue weighted by Crippen LogP contribution is -2.27. The largest absolute Gasteiger partial charge is 0.493 e. The van der Waals surface area contributed by atoms with Gasteiger partial charge in [0, 0.05) is 11.1 Å². The predicted octanol–water partition coefficient (Wildman–Crippen LogP) is 3.61. The zero-order valence-electron chi connectivity index (χ0n) is 12.0. The van der Waals surface area contributed by atoms with E-state index >= 15 is 0 Å². The van der Waals surface area contributed by atoms with Crippen LogP contribution in [0.15, 0.2) is 24.3 Å². The average molecular weight is 289 g/mol. The van der Waals surface area contributed by atoms with Gasteiger partial charge >= 0.3 is 0 Å². The summed E-state index contributed by atoms with van der Waals surface area (Å²) in [4.78, 5) is 0. The van der Waals surface area contributed by atoms with Crippen LogP contribution in [0.1, 0.15) is 44.5 Å². The van der Waals surface area contributed by atoms with Gasteiger partial charge in [-0.25, -0.2) is 0 Å². The van der Waals surface area contributed by atoms with Crippen molar-refractivity contribution < 1.29 is 4.74 Å². The summed E-state index contributed by atoms with van der Waals surface area (Å²) in [6.07, 6.45) is 0.923. The molecule has 20 heavy (non-hydrogen) atoms. The van der Waals surface area contributed by atoms with Crippen molar-refractivity contribution in [2.24, 2.45) is 0 Å². The van der Waals surface area contributed by atoms with Gasteiger partial charge in [0.25, 0.3) is 0 Å². The fourth-order valence-corrected chi connectivity index (χ4v) is 3.21. The zero-order valence-corrected chi connectivity index (χ0v) is 12.8. The number of aromatic amines is 1. The number of hydrogen-bond donors (Lipinski definition) is 1. The van der Waals surface area contributed by atoms with Crippen LogP contribution in [0.5, 0.6) is 5.75 Å². The summed E-state index contributed by atoms with van der Waals surface area (Å²) >= 11 is 5.40. The van der Waals surface area contributed by atoms with Gasteiger partial charge in [-0.2, -0.15) is 5.10 Å². The molecule has 0 bridgehead atoms. The first kappa shape index (κ1) is 13.4. The monoisotopic (exact) mass is 289 g/mol. The molecule has 0 radical (unpaired) electrons. The lowest BCUT2D eigenvalue weighted by Gasteiger charge is -2.29. The maximum Gasteiger partial charge on any atom is 0.195 e. The van der Waals surface area contributed by atoms with Gasteiger partial charge in [-0.05, 0) is 45.5 Å². The standard InChI is InChI=1S/C15H19N3OS/c1-15(2,3)18-13(16-17-14(18)20)11-8-9-19-12-7-5-4-6-10(11)12/h4-7,11H,8-9H2,1-3H3,(H,17,20). The summed E-state index contributed by atoms with van der Waals surface area (Å²) in [6, 6.07) is 8.18. The van der Waals surface area contributed by atoms with Crippen LogP contribution in [0.4, 0.5) is 0 Å². The van der Waals surface area contributed by atoms with Crippen molar-refractivity contribution in [3.8, 4) is 5.75 Å². The molecule has 0 aliphatic carbocycles. The van der Waals surface area contributed by atoms with Crippen LogP contribution < -0.4 is 4.74 Å². The van der Waals surface area contributed by atoms with Crippen LogP contribution in [0.3, 0.4) is 0 Å². The zero-order chi connectivity index (χ0) is 14.3. The highest BCUT2D eigenvalue weighted by molar-refractivity contribution is 7.71. The van der Waals surface area contributed by atoms with E-state index in [4.69, 9.17) is 17.0 Å². The molecule has 2 aromatic rings. The van der Waals surface area contributed by atoms with E-state index in [-0.39, 0.29) is 11.5 Å². The Balaban J connectivity index is 2.15. The highest BCUT2D eigenvalue weighted by Gasteiger charge is 2.30. The first-order valence-electron chi connectivity index (χ1n) is 6.88. The Morgan fingerprint density at radius 3 is 2.85 bits per heavy atom. The molecular formula is C15H19N3OS. The van der Waals surface area contributed by atoms with Gasteiger partial charge in [0.15, 0.2) is 4.77 Å². The minimum absolute atomic E-state index is 0.0906. The molecule has 4 nitrogen and oxygen atoms in total. The first-order chi connectivity index (χ1) is 9.48. The number of H-pyrrole nitrogens is 1. The smallest absolute Gasteiger partial charge is 0.195 e. The highest BCUT2D eigenvalue weighted by atomic mass is 32.1. The minimum atomic E-state index is -0.0906. The van der Waals surface area contributed by atoms with Crippen LogP contribution in [0, 0.1) is 4.77 Å². The Morgan fingerprint density at radius 1 is 1.35 bits per heavy atom. The number of rotatable bonds is 1. The molecule has 0 saturated carbocycles. The summed E-state index contributed by atoms with van der Waals surface area (Å²) in [5, 5.41) is 7.44. The van der Waals surface area contributed by atoms with E-state index in [2.05, 4.69) is 41.6 Å². The van der Waals surface area contributed by atoms with E-state index in [1.54, 1.807) is 0 Å². The summed E-state index contributed by atoms with van der Waals surface area (Å²) in [5.74, 6) is 2.18. The van der Waals surface area contributed by atoms with E-state index in [1.165, 1.54) is 5.56 Å². The van der Waals surface area contributed by atoms with Gasteiger partial charge in [0.1, 0.15) is 11.6 Å². The van der Waals surface area contributed by atoms with Crippen molar-refractivity contribution >= 4 is 12.2 Å². The van der Waals surface area contributed by atoms with Crippen molar-refractivity contribution in [1.82, 2.24) is 14.8 Å². The van der Waals surface area contributed by atoms with Gasteiger partial charge in [-0.3, -0.25) is 9.67 Å². The Morgan fingerprint density at radius 2 is 2.10 bits per heavy atom. The second-order valence-electron chi connectivity index (χ2n) is 6.12. The van der Waals surface area contributed by atoms with Crippen molar-refractivity contribution in [3.63, 3.8) is 0 Å². The Hall–Kier alpha value is -1.62. The number of benzene rings is 1. The normalized spacial score (nSPS) is 18.4. The molecule has 3 rings (SSSR count). The van der Waals surface area contributed by atoms with Crippen LogP contribution in [0.25, 0.3) is 0 Å². The third-order valence-electron chi connectivity index (χ3n) is 3.64. The third-order valence-corrected chi connectivity index (χ3v) is 3.91. The molecule has 0 spiro atoms. The number of nitrogens with one attached hydrogen (secondary N) is 1. The van der Waals surface area contributed by atoms with Crippen molar-refractivity contribution in [2.45, 2.75) is 38.6 Å². The Bertz CT molecular complexity index is 681. The number of nitrogens with zero attached hydrogens (tertiary/aromatic N) is 2. The van der Waals surface area contributed by atoms with Crippen molar-refractivity contribution in [2.75, 3.05) is 6.61 Å². The molecule has 1 aromatic heterocycles. The maximum absolute atomic E-state index is 5.73. The quantitative estimate of drug-likeness (QED) is 0.816. The number of para-hydroxylation sites is 1. The van der Waals surface area contributed by atoms with Gasteiger partial charge in [-0.15, -0.1) is 0 Å². The predicted molar refractivity (Wildman–Crippen MR) is 80.8 cm³/mol. The number of ether oxygens (including phenoxy) is 1. The molecule has 0 amide bonds. The van der Waals surface area contributed by atoms with E-state index in [0.717, 1.165) is 18.0 Å². The second-order valence-corrected chi connectivity index (χ2v) is 6.51. The van der Waals surface area contributed by atoms with E-state index in [1.807, 2.05) is 18.2 Å². The molecule has 1 atom stereocenters. The number of hydrogen-bond acceptors (Lipinski definition) is 3. The fraction of sp³-hybridized carbons (Fsp3) is 0.467. The van der Waals surface area contributed by atoms with E-state index in [9.17, 15) is 0 Å². The first-order valence-corrected chi connectivity index (χ1v) is 7.29. The summed E-state index contributed by atoms with van der Waals surface area (Å²) in [6.45, 7) is 7.15. The van der Waals surface area contributed by atoms with Crippen molar-refractivity contribution in [3.05, 3.63) is 40.4 Å².